The predicted octanol–water partition coefficient (Wildman–Crippen LogP) is 1.84. The molecular formula is C19H23FN2O5. The minimum atomic E-state index is -2.08. The van der Waals surface area contributed by atoms with Crippen molar-refractivity contribution in [2.24, 2.45) is 4.99 Å². The number of pyridine rings is 1. The number of hydrogen-bond donors (Lipinski definition) is 2. The highest BCUT2D eigenvalue weighted by Crippen LogP contribution is 2.41. The van der Waals surface area contributed by atoms with Crippen LogP contribution in [-0.2, 0) is 21.9 Å². The zero-order chi connectivity index (χ0) is 19.8. The minimum absolute atomic E-state index is 0.0279. The summed E-state index contributed by atoms with van der Waals surface area (Å²) in [6.07, 6.45) is 0.635. The van der Waals surface area contributed by atoms with E-state index in [9.17, 15) is 14.7 Å². The van der Waals surface area contributed by atoms with E-state index in [0.717, 1.165) is 4.57 Å². The lowest BCUT2D eigenvalue weighted by Gasteiger charge is -2.42. The summed E-state index contributed by atoms with van der Waals surface area (Å²) >= 11 is 0. The molecular weight excluding hydrogens is 355 g/mol. The first-order valence-electron chi connectivity index (χ1n) is 9.06. The van der Waals surface area contributed by atoms with Crippen LogP contribution in [0.5, 0.6) is 0 Å². The number of rotatable bonds is 7. The summed E-state index contributed by atoms with van der Waals surface area (Å²) < 4.78 is 21.7. The molecule has 0 amide bonds. The van der Waals surface area contributed by atoms with Gasteiger partial charge in [0.25, 0.3) is 5.56 Å². The van der Waals surface area contributed by atoms with Gasteiger partial charge in [-0.3, -0.25) is 14.4 Å². The number of nitrogens with zero attached hydrogens (tertiary/aromatic N) is 2. The van der Waals surface area contributed by atoms with Crippen molar-refractivity contribution in [3.8, 4) is 0 Å². The van der Waals surface area contributed by atoms with Crippen LogP contribution >= 0.6 is 0 Å². The van der Waals surface area contributed by atoms with Crippen molar-refractivity contribution in [2.45, 2.75) is 57.5 Å². The summed E-state index contributed by atoms with van der Waals surface area (Å²) in [5, 5.41) is 18.9. The third-order valence-electron chi connectivity index (χ3n) is 5.02. The fourth-order valence-corrected chi connectivity index (χ4v) is 3.44. The number of cyclic esters (lactones) is 1. The third-order valence-corrected chi connectivity index (χ3v) is 5.02. The Balaban J connectivity index is 2.08. The molecule has 0 saturated carbocycles. The maximum Gasteiger partial charge on any atom is 0.340 e. The molecule has 146 valence electrons. The number of esters is 1. The number of carbonyl (C=O) groups excluding carboxylic acids is 1. The van der Waals surface area contributed by atoms with Crippen LogP contribution < -0.4 is 5.56 Å². The maximum atomic E-state index is 15.9. The van der Waals surface area contributed by atoms with Crippen molar-refractivity contribution in [1.29, 1.82) is 0 Å². The molecule has 0 spiro atoms. The number of ether oxygens (including phenoxy) is 1. The van der Waals surface area contributed by atoms with Crippen molar-refractivity contribution in [3.63, 3.8) is 0 Å². The van der Waals surface area contributed by atoms with Gasteiger partial charge in [0.15, 0.2) is 6.10 Å². The van der Waals surface area contributed by atoms with Crippen molar-refractivity contribution in [3.05, 3.63) is 45.5 Å². The molecule has 2 aliphatic heterocycles. The predicted molar refractivity (Wildman–Crippen MR) is 96.1 cm³/mol. The average molecular weight is 378 g/mol. The average Bonchev–Trinajstić information content (AvgIpc) is 2.65. The summed E-state index contributed by atoms with van der Waals surface area (Å²) in [7, 11) is 0. The number of hydrogen-bond acceptors (Lipinski definition) is 6. The van der Waals surface area contributed by atoms with Gasteiger partial charge >= 0.3 is 5.97 Å². The molecule has 0 bridgehead atoms. The van der Waals surface area contributed by atoms with E-state index in [0.29, 0.717) is 31.4 Å². The fraction of sp³-hybridized carbons (Fsp3) is 0.526. The van der Waals surface area contributed by atoms with Gasteiger partial charge < -0.3 is 14.9 Å². The van der Waals surface area contributed by atoms with Crippen molar-refractivity contribution >= 4 is 11.7 Å². The fourth-order valence-electron chi connectivity index (χ4n) is 3.44. The second-order valence-electron chi connectivity index (χ2n) is 6.79. The van der Waals surface area contributed by atoms with Crippen molar-refractivity contribution in [2.75, 3.05) is 6.61 Å². The number of aliphatic hydroxyl groups excluding tert-OH is 2. The van der Waals surface area contributed by atoms with Gasteiger partial charge in [-0.15, -0.1) is 0 Å². The molecule has 0 fully saturated rings. The molecule has 7 nitrogen and oxygen atoms in total. The van der Waals surface area contributed by atoms with Crippen LogP contribution in [0.4, 0.5) is 4.39 Å². The molecule has 1 unspecified atom stereocenters. The largest absolute Gasteiger partial charge is 0.458 e. The molecule has 1 aromatic heterocycles. The SMILES string of the molecule is C=C(CC)/N=C1/c2cc3c(c(=O)n2C1(F)CCCCCO)COC(=O)[C@H]3O. The number of fused-ring (bicyclic) bond motifs is 2. The molecule has 2 atom stereocenters. The first-order chi connectivity index (χ1) is 12.8. The Hall–Kier alpha value is -2.32. The lowest BCUT2D eigenvalue weighted by Crippen LogP contribution is -2.57. The second kappa shape index (κ2) is 7.36. The molecule has 27 heavy (non-hydrogen) atoms. The van der Waals surface area contributed by atoms with E-state index in [1.54, 1.807) is 0 Å². The summed E-state index contributed by atoms with van der Waals surface area (Å²) in [6, 6.07) is 1.44. The van der Waals surface area contributed by atoms with Gasteiger partial charge in [0.1, 0.15) is 12.3 Å². The van der Waals surface area contributed by atoms with Gasteiger partial charge in [0, 0.05) is 24.3 Å². The van der Waals surface area contributed by atoms with Crippen LogP contribution in [0.3, 0.4) is 0 Å². The van der Waals surface area contributed by atoms with E-state index in [1.807, 2.05) is 6.92 Å². The van der Waals surface area contributed by atoms with Gasteiger partial charge in [0.2, 0.25) is 5.79 Å². The van der Waals surface area contributed by atoms with Crippen LogP contribution in [0.1, 0.15) is 62.0 Å². The molecule has 0 aliphatic carbocycles. The number of carbonyl (C=O) groups is 1. The number of halogens is 1. The van der Waals surface area contributed by atoms with Crippen LogP contribution in [0.2, 0.25) is 0 Å². The number of aromatic nitrogens is 1. The van der Waals surface area contributed by atoms with E-state index in [1.165, 1.54) is 6.07 Å². The molecule has 3 heterocycles. The lowest BCUT2D eigenvalue weighted by atomic mass is 9.86. The van der Waals surface area contributed by atoms with Gasteiger partial charge in [0.05, 0.1) is 11.3 Å². The molecule has 2 N–H and O–H groups in total. The molecule has 3 rings (SSSR count). The standard InChI is InChI=1S/C19H23FN2O5/c1-3-11(2)21-16-14-9-12-13(10-27-18(26)15(12)24)17(25)22(14)19(16,20)7-5-4-6-8-23/h9,15,23-24H,2-8,10H2,1H3/b21-16-/t15-,19?/m0/s1. The van der Waals surface area contributed by atoms with Crippen LogP contribution in [0.15, 0.2) is 28.1 Å². The maximum absolute atomic E-state index is 15.9. The normalized spacial score (nSPS) is 24.8. The van der Waals surface area contributed by atoms with Gasteiger partial charge in [-0.25, -0.2) is 9.18 Å². The molecule has 0 saturated heterocycles. The first kappa shape index (κ1) is 19.4. The zero-order valence-electron chi connectivity index (χ0n) is 15.2. The monoisotopic (exact) mass is 378 g/mol. The second-order valence-corrected chi connectivity index (χ2v) is 6.79. The smallest absolute Gasteiger partial charge is 0.340 e. The highest BCUT2D eigenvalue weighted by Gasteiger charge is 2.52. The molecule has 0 radical (unpaired) electrons. The van der Waals surface area contributed by atoms with Crippen LogP contribution in [0.25, 0.3) is 0 Å². The summed E-state index contributed by atoms with van der Waals surface area (Å²) in [5.41, 5.74) is 0.394. The Morgan fingerprint density at radius 1 is 1.44 bits per heavy atom. The molecule has 1 aromatic rings. The number of alkyl halides is 1. The van der Waals surface area contributed by atoms with Crippen molar-refractivity contribution in [1.82, 2.24) is 4.57 Å². The van der Waals surface area contributed by atoms with E-state index in [2.05, 4.69) is 11.6 Å². The van der Waals surface area contributed by atoms with E-state index < -0.39 is 23.4 Å². The van der Waals surface area contributed by atoms with Gasteiger partial charge in [-0.2, -0.15) is 0 Å². The minimum Gasteiger partial charge on any atom is -0.458 e. The summed E-state index contributed by atoms with van der Waals surface area (Å²) in [5.74, 6) is -2.92. The molecule has 2 aliphatic rings. The Labute approximate surface area is 155 Å². The Morgan fingerprint density at radius 2 is 2.19 bits per heavy atom. The zero-order valence-corrected chi connectivity index (χ0v) is 15.2. The first-order valence-corrected chi connectivity index (χ1v) is 9.06. The van der Waals surface area contributed by atoms with Crippen molar-refractivity contribution < 1.29 is 24.1 Å². The topological polar surface area (TPSA) is 101 Å². The lowest BCUT2D eigenvalue weighted by molar-refractivity contribution is -0.157. The molecule has 0 aromatic carbocycles. The van der Waals surface area contributed by atoms with E-state index in [4.69, 9.17) is 9.84 Å². The third kappa shape index (κ3) is 3.12. The highest BCUT2D eigenvalue weighted by molar-refractivity contribution is 6.10. The number of aliphatic imine (C=N–C) groups is 1. The quantitative estimate of drug-likeness (QED) is 0.557. The molecule has 8 heteroatoms. The van der Waals surface area contributed by atoms with Gasteiger partial charge in [-0.1, -0.05) is 19.9 Å². The highest BCUT2D eigenvalue weighted by atomic mass is 19.1. The van der Waals surface area contributed by atoms with E-state index in [-0.39, 0.29) is 42.2 Å². The Bertz CT molecular complexity index is 876. The van der Waals surface area contributed by atoms with Gasteiger partial charge in [-0.05, 0) is 25.3 Å². The van der Waals surface area contributed by atoms with Crippen LogP contribution in [-0.4, -0.2) is 33.1 Å². The summed E-state index contributed by atoms with van der Waals surface area (Å²) in [4.78, 5) is 28.7. The number of allylic oxidation sites excluding steroid dienone is 1. The Kier molecular flexibility index (Phi) is 5.30. The van der Waals surface area contributed by atoms with Crippen LogP contribution in [0, 0.1) is 0 Å². The van der Waals surface area contributed by atoms with E-state index >= 15 is 4.39 Å². The number of unbranched alkanes of at least 4 members (excludes halogenated alkanes) is 2. The number of aliphatic hydroxyl groups is 2. The summed E-state index contributed by atoms with van der Waals surface area (Å²) in [6.45, 7) is 5.36. The Morgan fingerprint density at radius 3 is 2.85 bits per heavy atom.